The first-order valence-electron chi connectivity index (χ1n) is 5.90. The Morgan fingerprint density at radius 1 is 1.38 bits per heavy atom. The minimum atomic E-state index is 0.646. The topological polar surface area (TPSA) is 35.8 Å². The van der Waals surface area contributed by atoms with Crippen LogP contribution in [0.25, 0.3) is 0 Å². The number of nitriles is 1. The Morgan fingerprint density at radius 2 is 2.06 bits per heavy atom. The standard InChI is InChI=1S/C14H22N2/c1-5-8-9-10-13(6-2)14(11-15)12(4)16-7-3/h6,16H,2,4-5,7-10H2,1,3H3/b14-13+. The molecule has 2 nitrogen and oxygen atoms in total. The van der Waals surface area contributed by atoms with Crippen molar-refractivity contribution in [2.24, 2.45) is 0 Å². The van der Waals surface area contributed by atoms with Gasteiger partial charge < -0.3 is 5.32 Å². The van der Waals surface area contributed by atoms with Gasteiger partial charge >= 0.3 is 0 Å². The molecule has 2 heteroatoms. The molecule has 0 aliphatic heterocycles. The van der Waals surface area contributed by atoms with Gasteiger partial charge in [0.05, 0.1) is 5.57 Å². The molecule has 0 radical (unpaired) electrons. The SMILES string of the molecule is C=C/C(CCCCC)=C(/C#N)C(=C)NCC. The first kappa shape index (κ1) is 14.5. The Balaban J connectivity index is 4.71. The predicted molar refractivity (Wildman–Crippen MR) is 69.8 cm³/mol. The Kier molecular flexibility index (Phi) is 7.97. The number of allylic oxidation sites excluding steroid dienone is 3. The van der Waals surface area contributed by atoms with Gasteiger partial charge in [0, 0.05) is 12.2 Å². The molecule has 0 saturated heterocycles. The molecule has 1 N–H and O–H groups in total. The molecule has 0 atom stereocenters. The summed E-state index contributed by atoms with van der Waals surface area (Å²) in [6.45, 7) is 12.6. The van der Waals surface area contributed by atoms with E-state index in [9.17, 15) is 0 Å². The lowest BCUT2D eigenvalue weighted by atomic mass is 10.0. The molecule has 0 saturated carbocycles. The molecule has 0 aliphatic rings. The largest absolute Gasteiger partial charge is 0.385 e. The fourth-order valence-corrected chi connectivity index (χ4v) is 1.53. The molecule has 0 amide bonds. The van der Waals surface area contributed by atoms with Crippen LogP contribution in [0.5, 0.6) is 0 Å². The first-order chi connectivity index (χ1) is 7.71. The van der Waals surface area contributed by atoms with Crippen LogP contribution in [0.1, 0.15) is 39.5 Å². The fourth-order valence-electron chi connectivity index (χ4n) is 1.53. The molecule has 0 aromatic heterocycles. The molecule has 0 heterocycles. The molecule has 16 heavy (non-hydrogen) atoms. The molecular formula is C14H22N2. The summed E-state index contributed by atoms with van der Waals surface area (Å²) in [5.74, 6) is 0. The number of hydrogen-bond acceptors (Lipinski definition) is 2. The minimum absolute atomic E-state index is 0.646. The third-order valence-corrected chi connectivity index (χ3v) is 2.42. The van der Waals surface area contributed by atoms with Crippen LogP contribution >= 0.6 is 0 Å². The average molecular weight is 218 g/mol. The highest BCUT2D eigenvalue weighted by Crippen LogP contribution is 2.18. The zero-order chi connectivity index (χ0) is 12.4. The van der Waals surface area contributed by atoms with Crippen molar-refractivity contribution in [3.8, 4) is 6.07 Å². The molecular weight excluding hydrogens is 196 g/mol. The number of hydrogen-bond donors (Lipinski definition) is 1. The van der Waals surface area contributed by atoms with Crippen LogP contribution in [0, 0.1) is 11.3 Å². The number of rotatable bonds is 8. The summed E-state index contributed by atoms with van der Waals surface area (Å²) in [5, 5.41) is 12.2. The first-order valence-corrected chi connectivity index (χ1v) is 5.90. The van der Waals surface area contributed by atoms with Gasteiger partial charge in [0.1, 0.15) is 6.07 Å². The number of likely N-dealkylation sites (N-methyl/N-ethyl adjacent to an activating group) is 1. The summed E-state index contributed by atoms with van der Waals surface area (Å²) in [5.41, 5.74) is 2.35. The van der Waals surface area contributed by atoms with Crippen molar-refractivity contribution in [3.63, 3.8) is 0 Å². The highest BCUT2D eigenvalue weighted by Gasteiger charge is 2.06. The molecule has 0 aromatic carbocycles. The van der Waals surface area contributed by atoms with Gasteiger partial charge in [0.25, 0.3) is 0 Å². The summed E-state index contributed by atoms with van der Waals surface area (Å²) < 4.78 is 0. The van der Waals surface area contributed by atoms with E-state index in [4.69, 9.17) is 5.26 Å². The normalized spacial score (nSPS) is 11.3. The molecule has 0 fully saturated rings. The van der Waals surface area contributed by atoms with Gasteiger partial charge in [0.2, 0.25) is 0 Å². The van der Waals surface area contributed by atoms with Crippen LogP contribution in [0.4, 0.5) is 0 Å². The molecule has 0 aromatic rings. The molecule has 0 bridgehead atoms. The predicted octanol–water partition coefficient (Wildman–Crippen LogP) is 3.70. The van der Waals surface area contributed by atoms with E-state index in [0.717, 1.165) is 25.0 Å². The van der Waals surface area contributed by atoms with Gasteiger partial charge in [-0.05, 0) is 25.3 Å². The van der Waals surface area contributed by atoms with Gasteiger partial charge in [-0.1, -0.05) is 39.0 Å². The number of nitrogens with zero attached hydrogens (tertiary/aromatic N) is 1. The van der Waals surface area contributed by atoms with Gasteiger partial charge in [-0.25, -0.2) is 0 Å². The summed E-state index contributed by atoms with van der Waals surface area (Å²) in [7, 11) is 0. The second-order valence-corrected chi connectivity index (χ2v) is 3.68. The molecule has 0 rings (SSSR count). The molecule has 88 valence electrons. The minimum Gasteiger partial charge on any atom is -0.385 e. The fraction of sp³-hybridized carbons (Fsp3) is 0.500. The average Bonchev–Trinajstić information content (AvgIpc) is 2.28. The van der Waals surface area contributed by atoms with Crippen molar-refractivity contribution in [1.29, 1.82) is 5.26 Å². The lowest BCUT2D eigenvalue weighted by Crippen LogP contribution is -2.13. The van der Waals surface area contributed by atoms with Crippen molar-refractivity contribution in [3.05, 3.63) is 36.1 Å². The Morgan fingerprint density at radius 3 is 2.50 bits per heavy atom. The second-order valence-electron chi connectivity index (χ2n) is 3.68. The Hall–Kier alpha value is -1.49. The van der Waals surface area contributed by atoms with Crippen molar-refractivity contribution in [2.75, 3.05) is 6.54 Å². The van der Waals surface area contributed by atoms with E-state index in [1.165, 1.54) is 12.8 Å². The van der Waals surface area contributed by atoms with Gasteiger partial charge in [0.15, 0.2) is 0 Å². The monoisotopic (exact) mass is 218 g/mol. The maximum Gasteiger partial charge on any atom is 0.102 e. The summed E-state index contributed by atoms with van der Waals surface area (Å²) in [4.78, 5) is 0. The summed E-state index contributed by atoms with van der Waals surface area (Å²) in [6, 6.07) is 2.21. The van der Waals surface area contributed by atoms with Gasteiger partial charge in [-0.2, -0.15) is 5.26 Å². The van der Waals surface area contributed by atoms with Gasteiger partial charge in [-0.15, -0.1) is 0 Å². The van der Waals surface area contributed by atoms with Crippen LogP contribution in [0.3, 0.4) is 0 Å². The Labute approximate surface area is 99.4 Å². The van der Waals surface area contributed by atoms with E-state index in [2.05, 4.69) is 31.5 Å². The van der Waals surface area contributed by atoms with Crippen LogP contribution in [0.2, 0.25) is 0 Å². The van der Waals surface area contributed by atoms with Crippen molar-refractivity contribution in [2.45, 2.75) is 39.5 Å². The smallest absolute Gasteiger partial charge is 0.102 e. The van der Waals surface area contributed by atoms with E-state index >= 15 is 0 Å². The molecule has 0 spiro atoms. The van der Waals surface area contributed by atoms with Crippen LogP contribution in [-0.2, 0) is 0 Å². The van der Waals surface area contributed by atoms with E-state index in [1.807, 2.05) is 6.92 Å². The highest BCUT2D eigenvalue weighted by molar-refractivity contribution is 5.46. The van der Waals surface area contributed by atoms with E-state index in [-0.39, 0.29) is 0 Å². The summed E-state index contributed by atoms with van der Waals surface area (Å²) >= 11 is 0. The van der Waals surface area contributed by atoms with Crippen molar-refractivity contribution in [1.82, 2.24) is 5.32 Å². The third-order valence-electron chi connectivity index (χ3n) is 2.42. The number of nitrogens with one attached hydrogen (secondary N) is 1. The maximum absolute atomic E-state index is 9.12. The highest BCUT2D eigenvalue weighted by atomic mass is 14.9. The number of unbranched alkanes of at least 4 members (excludes halogenated alkanes) is 2. The quantitative estimate of drug-likeness (QED) is 0.383. The van der Waals surface area contributed by atoms with E-state index in [0.29, 0.717) is 11.3 Å². The van der Waals surface area contributed by atoms with E-state index < -0.39 is 0 Å². The van der Waals surface area contributed by atoms with Crippen LogP contribution in [0.15, 0.2) is 36.1 Å². The zero-order valence-corrected chi connectivity index (χ0v) is 10.5. The zero-order valence-electron chi connectivity index (χ0n) is 10.5. The van der Waals surface area contributed by atoms with Crippen molar-refractivity contribution < 1.29 is 0 Å². The third kappa shape index (κ3) is 4.84. The van der Waals surface area contributed by atoms with Crippen LogP contribution in [-0.4, -0.2) is 6.54 Å². The molecule has 0 aliphatic carbocycles. The van der Waals surface area contributed by atoms with Crippen molar-refractivity contribution >= 4 is 0 Å². The lowest BCUT2D eigenvalue weighted by molar-refractivity contribution is 0.716. The summed E-state index contributed by atoms with van der Waals surface area (Å²) in [6.07, 6.45) is 6.15. The van der Waals surface area contributed by atoms with Crippen LogP contribution < -0.4 is 5.32 Å². The Bertz CT molecular complexity index is 305. The van der Waals surface area contributed by atoms with E-state index in [1.54, 1.807) is 6.08 Å². The lowest BCUT2D eigenvalue weighted by Gasteiger charge is -2.10. The second kappa shape index (κ2) is 8.79. The molecule has 0 unspecified atom stereocenters. The maximum atomic E-state index is 9.12. The van der Waals surface area contributed by atoms with Gasteiger partial charge in [-0.3, -0.25) is 0 Å².